The number of alkyl halides is 1. The van der Waals surface area contributed by atoms with Crippen molar-refractivity contribution in [3.8, 4) is 0 Å². The van der Waals surface area contributed by atoms with E-state index in [-0.39, 0.29) is 35.6 Å². The molecule has 0 aliphatic heterocycles. The highest BCUT2D eigenvalue weighted by Crippen LogP contribution is 2.72. The van der Waals surface area contributed by atoms with Crippen LogP contribution >= 0.6 is 11.6 Å². The molecular formula is C32H33ClO9. The molecule has 3 fully saturated rings. The Morgan fingerprint density at radius 1 is 1.07 bits per heavy atom. The Hall–Kier alpha value is -3.43. The molecule has 2 aromatic heterocycles. The molecule has 0 bridgehead atoms. The highest BCUT2D eigenvalue weighted by atomic mass is 35.5. The SMILES string of the molecule is C[C@@H]1C[C@H]2[C@@H]3CCC4=CC(=O)C=C[C@]4(C)[C@@]3(Cl)[C@@H](O)C[C@]2(C)[C@@]1(OC(=O)c1ccco1)C(=O)COC(=O)c1ccco1. The molecule has 222 valence electrons. The van der Waals surface area contributed by atoms with Crippen LogP contribution in [0.15, 0.2) is 69.4 Å². The van der Waals surface area contributed by atoms with Crippen LogP contribution < -0.4 is 0 Å². The Kier molecular flexibility index (Phi) is 6.70. The van der Waals surface area contributed by atoms with Gasteiger partial charge in [-0.15, -0.1) is 11.6 Å². The summed E-state index contributed by atoms with van der Waals surface area (Å²) in [6, 6.07) is 5.94. The molecule has 0 unspecified atom stereocenters. The zero-order valence-electron chi connectivity index (χ0n) is 23.6. The molecule has 0 saturated heterocycles. The van der Waals surface area contributed by atoms with Crippen molar-refractivity contribution in [3.63, 3.8) is 0 Å². The van der Waals surface area contributed by atoms with Crippen molar-refractivity contribution in [2.75, 3.05) is 6.61 Å². The number of ether oxygens (including phenoxy) is 2. The van der Waals surface area contributed by atoms with Gasteiger partial charge >= 0.3 is 11.9 Å². The van der Waals surface area contributed by atoms with Gasteiger partial charge in [0.25, 0.3) is 0 Å². The van der Waals surface area contributed by atoms with Crippen LogP contribution in [0.3, 0.4) is 0 Å². The van der Waals surface area contributed by atoms with Crippen molar-refractivity contribution in [3.05, 3.63) is 72.1 Å². The predicted octanol–water partition coefficient (Wildman–Crippen LogP) is 5.08. The maximum absolute atomic E-state index is 14.3. The Bertz CT molecular complexity index is 1490. The molecule has 0 spiro atoms. The summed E-state index contributed by atoms with van der Waals surface area (Å²) < 4.78 is 21.9. The third-order valence-corrected chi connectivity index (χ3v) is 11.6. The monoisotopic (exact) mass is 596 g/mol. The van der Waals surface area contributed by atoms with Gasteiger partial charge in [-0.25, -0.2) is 9.59 Å². The lowest BCUT2D eigenvalue weighted by molar-refractivity contribution is -0.181. The number of fused-ring (bicyclic) bond motifs is 5. The van der Waals surface area contributed by atoms with E-state index < -0.39 is 57.7 Å². The lowest BCUT2D eigenvalue weighted by atomic mass is 9.45. The van der Waals surface area contributed by atoms with Gasteiger partial charge in [0, 0.05) is 16.7 Å². The van der Waals surface area contributed by atoms with Crippen molar-refractivity contribution < 1.29 is 42.6 Å². The molecule has 3 saturated carbocycles. The summed E-state index contributed by atoms with van der Waals surface area (Å²) in [5, 5.41) is 12.0. The van der Waals surface area contributed by atoms with Gasteiger partial charge in [0.1, 0.15) is 0 Å². The van der Waals surface area contributed by atoms with Crippen LogP contribution in [0.1, 0.15) is 67.6 Å². The summed E-state index contributed by atoms with van der Waals surface area (Å²) in [5.41, 5.74) is -2.74. The molecule has 4 aliphatic carbocycles. The van der Waals surface area contributed by atoms with Gasteiger partial charge in [-0.2, -0.15) is 0 Å². The molecule has 2 aromatic rings. The Morgan fingerprint density at radius 3 is 2.38 bits per heavy atom. The maximum atomic E-state index is 14.3. The van der Waals surface area contributed by atoms with Gasteiger partial charge in [-0.3, -0.25) is 9.59 Å². The third kappa shape index (κ3) is 3.78. The number of carbonyl (C=O) groups is 4. The van der Waals surface area contributed by atoms with Crippen molar-refractivity contribution in [1.82, 2.24) is 0 Å². The second kappa shape index (κ2) is 9.81. The van der Waals surface area contributed by atoms with E-state index in [1.807, 2.05) is 20.8 Å². The number of Topliss-reactive ketones (excluding diaryl/α,β-unsaturated/α-hetero) is 1. The first-order valence-electron chi connectivity index (χ1n) is 14.2. The van der Waals surface area contributed by atoms with E-state index in [9.17, 15) is 24.3 Å². The maximum Gasteiger partial charge on any atom is 0.375 e. The molecule has 2 heterocycles. The minimum absolute atomic E-state index is 0.0377. The van der Waals surface area contributed by atoms with Gasteiger partial charge in [-0.1, -0.05) is 32.4 Å². The number of esters is 2. The summed E-state index contributed by atoms with van der Waals surface area (Å²) >= 11 is 7.54. The van der Waals surface area contributed by atoms with Crippen molar-refractivity contribution in [2.45, 2.75) is 63.0 Å². The number of hydrogen-bond acceptors (Lipinski definition) is 9. The number of furan rings is 2. The average Bonchev–Trinajstić information content (AvgIpc) is 3.72. The van der Waals surface area contributed by atoms with E-state index in [0.29, 0.717) is 19.3 Å². The van der Waals surface area contributed by atoms with Crippen molar-refractivity contribution in [2.24, 2.45) is 28.6 Å². The first-order valence-corrected chi connectivity index (χ1v) is 14.6. The smallest absolute Gasteiger partial charge is 0.375 e. The summed E-state index contributed by atoms with van der Waals surface area (Å²) in [7, 11) is 0. The number of halogens is 1. The van der Waals surface area contributed by atoms with Crippen LogP contribution in [0.4, 0.5) is 0 Å². The number of aliphatic hydroxyl groups is 1. The molecule has 0 aromatic carbocycles. The fourth-order valence-corrected chi connectivity index (χ4v) is 9.22. The highest BCUT2D eigenvalue weighted by molar-refractivity contribution is 6.26. The standard InChI is InChI=1S/C32H33ClO9/c1-18-14-22-21-9-8-19-15-20(34)10-11-29(19,2)31(21,33)25(35)16-30(22,3)32(18,42-28(38)24-7-5-13-40-24)26(36)17-41-27(37)23-6-4-12-39-23/h4-7,10-13,15,18,21-22,25,35H,8-9,14,16-17H2,1-3H3/t18-,21+,22+,25+,29+,30+,31+,32+/m1/s1. The Balaban J connectivity index is 1.40. The molecule has 9 nitrogen and oxygen atoms in total. The summed E-state index contributed by atoms with van der Waals surface area (Å²) in [6.45, 7) is 4.98. The molecule has 8 atom stereocenters. The fourth-order valence-electron chi connectivity index (χ4n) is 8.69. The molecule has 0 amide bonds. The van der Waals surface area contributed by atoms with E-state index in [1.54, 1.807) is 18.2 Å². The Labute approximate surface area is 247 Å². The quantitative estimate of drug-likeness (QED) is 0.358. The molecule has 10 heteroatoms. The van der Waals surface area contributed by atoms with Crippen LogP contribution in [0.25, 0.3) is 0 Å². The molecule has 6 rings (SSSR count). The van der Waals surface area contributed by atoms with Crippen molar-refractivity contribution in [1.29, 1.82) is 0 Å². The first kappa shape index (κ1) is 28.7. The van der Waals surface area contributed by atoms with Crippen LogP contribution in [0.2, 0.25) is 0 Å². The number of ketones is 2. The Morgan fingerprint density at radius 2 is 1.74 bits per heavy atom. The van der Waals surface area contributed by atoms with Gasteiger partial charge in [0.05, 0.1) is 23.5 Å². The van der Waals surface area contributed by atoms with E-state index in [4.69, 9.17) is 29.9 Å². The van der Waals surface area contributed by atoms with Gasteiger partial charge in [-0.05, 0) is 73.9 Å². The second-order valence-electron chi connectivity index (χ2n) is 12.5. The van der Waals surface area contributed by atoms with E-state index in [2.05, 4.69) is 0 Å². The number of rotatable bonds is 6. The average molecular weight is 597 g/mol. The number of aliphatic hydroxyl groups excluding tert-OH is 1. The van der Waals surface area contributed by atoms with Crippen LogP contribution in [0.5, 0.6) is 0 Å². The highest BCUT2D eigenvalue weighted by Gasteiger charge is 2.76. The number of allylic oxidation sites excluding steroid dienone is 4. The lowest BCUT2D eigenvalue weighted by Gasteiger charge is -2.64. The van der Waals surface area contributed by atoms with Crippen LogP contribution in [-0.4, -0.2) is 51.8 Å². The topological polar surface area (TPSA) is 133 Å². The molecule has 42 heavy (non-hydrogen) atoms. The molecular weight excluding hydrogens is 564 g/mol. The van der Waals surface area contributed by atoms with Gasteiger partial charge in [0.15, 0.2) is 18.0 Å². The first-order chi connectivity index (χ1) is 19.9. The summed E-state index contributed by atoms with van der Waals surface area (Å²) in [5.74, 6) is -3.53. The fraction of sp³-hybridized carbons (Fsp3) is 0.500. The minimum Gasteiger partial charge on any atom is -0.457 e. The minimum atomic E-state index is -1.76. The summed E-state index contributed by atoms with van der Waals surface area (Å²) in [6.07, 6.45) is 8.15. The largest absolute Gasteiger partial charge is 0.457 e. The summed E-state index contributed by atoms with van der Waals surface area (Å²) in [4.78, 5) is 51.4. The van der Waals surface area contributed by atoms with E-state index in [0.717, 1.165) is 5.57 Å². The number of hydrogen-bond donors (Lipinski definition) is 1. The van der Waals surface area contributed by atoms with Gasteiger partial charge in [0.2, 0.25) is 17.3 Å². The van der Waals surface area contributed by atoms with Crippen LogP contribution in [-0.2, 0) is 19.1 Å². The lowest BCUT2D eigenvalue weighted by Crippen LogP contribution is -2.69. The number of carbonyl (C=O) groups excluding carboxylic acids is 4. The van der Waals surface area contributed by atoms with Crippen molar-refractivity contribution >= 4 is 35.1 Å². The zero-order chi connectivity index (χ0) is 30.1. The van der Waals surface area contributed by atoms with E-state index in [1.165, 1.54) is 36.8 Å². The molecule has 4 aliphatic rings. The normalized spacial score (nSPS) is 38.6. The van der Waals surface area contributed by atoms with E-state index >= 15 is 0 Å². The predicted molar refractivity (Wildman–Crippen MR) is 148 cm³/mol. The zero-order valence-corrected chi connectivity index (χ0v) is 24.4. The molecule has 1 N–H and O–H groups in total. The van der Waals surface area contributed by atoms with Crippen LogP contribution in [0, 0.1) is 28.6 Å². The van der Waals surface area contributed by atoms with Gasteiger partial charge < -0.3 is 23.4 Å². The third-order valence-electron chi connectivity index (χ3n) is 10.6. The molecule has 0 radical (unpaired) electrons. The second-order valence-corrected chi connectivity index (χ2v) is 13.1.